The molecule has 1 heterocycles. The fraction of sp³-hybridized carbons (Fsp3) is 0.0556. The molecular formula is C18H13F2NO. The van der Waals surface area contributed by atoms with Gasteiger partial charge in [0.1, 0.15) is 5.75 Å². The third-order valence-corrected chi connectivity index (χ3v) is 3.19. The highest BCUT2D eigenvalue weighted by Gasteiger charge is 2.06. The average Bonchev–Trinajstić information content (AvgIpc) is 2.53. The minimum absolute atomic E-state index is 0.148. The number of halogens is 2. The van der Waals surface area contributed by atoms with E-state index in [0.29, 0.717) is 5.56 Å². The van der Waals surface area contributed by atoms with E-state index in [-0.39, 0.29) is 5.75 Å². The van der Waals surface area contributed by atoms with Crippen LogP contribution in [0.3, 0.4) is 0 Å². The molecule has 0 aliphatic carbocycles. The number of hydrogen-bond donors (Lipinski definition) is 0. The Morgan fingerprint density at radius 3 is 2.50 bits per heavy atom. The summed E-state index contributed by atoms with van der Waals surface area (Å²) in [5, 5.41) is 1.06. The number of rotatable bonds is 4. The molecule has 2 aromatic carbocycles. The van der Waals surface area contributed by atoms with Crippen LogP contribution in [0, 0.1) is 0 Å². The predicted molar refractivity (Wildman–Crippen MR) is 83.7 cm³/mol. The number of benzene rings is 2. The van der Waals surface area contributed by atoms with Gasteiger partial charge in [-0.15, -0.1) is 0 Å². The van der Waals surface area contributed by atoms with Crippen molar-refractivity contribution in [2.45, 2.75) is 6.61 Å². The van der Waals surface area contributed by atoms with E-state index in [1.54, 1.807) is 30.4 Å². The van der Waals surface area contributed by atoms with Gasteiger partial charge in [0.25, 0.3) is 0 Å². The topological polar surface area (TPSA) is 22.1 Å². The molecule has 0 saturated heterocycles. The Balaban J connectivity index is 1.89. The van der Waals surface area contributed by atoms with E-state index < -0.39 is 6.61 Å². The molecule has 4 heteroatoms. The van der Waals surface area contributed by atoms with Gasteiger partial charge in [0, 0.05) is 10.9 Å². The summed E-state index contributed by atoms with van der Waals surface area (Å²) in [5.74, 6) is 0.148. The Bertz CT molecular complexity index is 815. The summed E-state index contributed by atoms with van der Waals surface area (Å²) in [5.41, 5.74) is 2.23. The number of alkyl halides is 2. The van der Waals surface area contributed by atoms with Gasteiger partial charge in [0.15, 0.2) is 0 Å². The lowest BCUT2D eigenvalue weighted by atomic mass is 10.1. The second-order valence-corrected chi connectivity index (χ2v) is 4.68. The smallest absolute Gasteiger partial charge is 0.387 e. The summed E-state index contributed by atoms with van der Waals surface area (Å²) < 4.78 is 29.3. The van der Waals surface area contributed by atoms with Crippen LogP contribution in [-0.2, 0) is 0 Å². The second-order valence-electron chi connectivity index (χ2n) is 4.68. The third-order valence-electron chi connectivity index (χ3n) is 3.19. The lowest BCUT2D eigenvalue weighted by Crippen LogP contribution is -2.02. The van der Waals surface area contributed by atoms with Crippen LogP contribution in [-0.4, -0.2) is 11.6 Å². The van der Waals surface area contributed by atoms with Crippen molar-refractivity contribution in [3.05, 3.63) is 71.9 Å². The number of nitrogens with zero attached hydrogens (tertiary/aromatic N) is 1. The van der Waals surface area contributed by atoms with E-state index in [2.05, 4.69) is 9.72 Å². The van der Waals surface area contributed by atoms with Crippen molar-refractivity contribution < 1.29 is 13.5 Å². The summed E-state index contributed by atoms with van der Waals surface area (Å²) in [6.07, 6.45) is 3.49. The van der Waals surface area contributed by atoms with Crippen LogP contribution >= 0.6 is 0 Å². The fourth-order valence-corrected chi connectivity index (χ4v) is 2.17. The monoisotopic (exact) mass is 297 g/mol. The van der Waals surface area contributed by atoms with E-state index in [0.717, 1.165) is 16.6 Å². The number of fused-ring (bicyclic) bond motifs is 1. The molecule has 0 unspecified atom stereocenters. The Labute approximate surface area is 126 Å². The van der Waals surface area contributed by atoms with Crippen molar-refractivity contribution in [2.24, 2.45) is 0 Å². The molecule has 3 aromatic rings. The van der Waals surface area contributed by atoms with Crippen molar-refractivity contribution in [3.8, 4) is 5.75 Å². The molecule has 110 valence electrons. The van der Waals surface area contributed by atoms with Gasteiger partial charge >= 0.3 is 6.61 Å². The van der Waals surface area contributed by atoms with Crippen molar-refractivity contribution in [1.29, 1.82) is 0 Å². The Morgan fingerprint density at radius 1 is 0.864 bits per heavy atom. The van der Waals surface area contributed by atoms with Crippen LogP contribution in [0.4, 0.5) is 8.78 Å². The Kier molecular flexibility index (Phi) is 4.10. The average molecular weight is 297 g/mol. The van der Waals surface area contributed by atoms with E-state index in [9.17, 15) is 8.78 Å². The molecule has 0 radical (unpaired) electrons. The molecule has 0 amide bonds. The van der Waals surface area contributed by atoms with Crippen LogP contribution in [0.25, 0.3) is 23.1 Å². The van der Waals surface area contributed by atoms with Gasteiger partial charge in [-0.25, -0.2) is 4.98 Å². The van der Waals surface area contributed by atoms with E-state index in [1.165, 1.54) is 6.07 Å². The van der Waals surface area contributed by atoms with Crippen molar-refractivity contribution in [1.82, 2.24) is 4.98 Å². The van der Waals surface area contributed by atoms with E-state index >= 15 is 0 Å². The second kappa shape index (κ2) is 6.35. The molecule has 1 aromatic heterocycles. The van der Waals surface area contributed by atoms with Crippen molar-refractivity contribution in [2.75, 3.05) is 0 Å². The van der Waals surface area contributed by atoms with E-state index in [4.69, 9.17) is 0 Å². The van der Waals surface area contributed by atoms with Crippen LogP contribution in [0.5, 0.6) is 5.75 Å². The Morgan fingerprint density at radius 2 is 1.64 bits per heavy atom. The molecule has 22 heavy (non-hydrogen) atoms. The zero-order valence-corrected chi connectivity index (χ0v) is 11.6. The lowest BCUT2D eigenvalue weighted by Gasteiger charge is -2.07. The molecule has 0 saturated carbocycles. The first-order valence-corrected chi connectivity index (χ1v) is 6.80. The van der Waals surface area contributed by atoms with Gasteiger partial charge in [-0.1, -0.05) is 42.5 Å². The van der Waals surface area contributed by atoms with Gasteiger partial charge in [-0.2, -0.15) is 8.78 Å². The third kappa shape index (κ3) is 3.28. The first-order chi connectivity index (χ1) is 10.7. The molecule has 0 N–H and O–H groups in total. The molecule has 0 bridgehead atoms. The quantitative estimate of drug-likeness (QED) is 0.675. The van der Waals surface area contributed by atoms with Gasteiger partial charge in [0.2, 0.25) is 0 Å². The van der Waals surface area contributed by atoms with Crippen molar-refractivity contribution >= 4 is 23.1 Å². The molecule has 0 aliphatic heterocycles. The van der Waals surface area contributed by atoms with Gasteiger partial charge in [0.05, 0.1) is 11.2 Å². The first kappa shape index (κ1) is 14.2. The highest BCUT2D eigenvalue weighted by molar-refractivity contribution is 5.81. The minimum atomic E-state index is -2.84. The Hall–Kier alpha value is -2.75. The predicted octanol–water partition coefficient (Wildman–Crippen LogP) is 5.01. The fourth-order valence-electron chi connectivity index (χ4n) is 2.17. The van der Waals surface area contributed by atoms with Gasteiger partial charge < -0.3 is 4.74 Å². The normalized spacial score (nSPS) is 11.4. The molecule has 0 spiro atoms. The number of aromatic nitrogens is 1. The highest BCUT2D eigenvalue weighted by Crippen LogP contribution is 2.22. The maximum absolute atomic E-state index is 12.4. The highest BCUT2D eigenvalue weighted by atomic mass is 19.3. The summed E-state index contributed by atoms with van der Waals surface area (Å²) in [7, 11) is 0. The largest absolute Gasteiger partial charge is 0.434 e. The SMILES string of the molecule is FC(F)Oc1ccccc1/C=C/c1ccc2ccccc2n1. The molecule has 0 fully saturated rings. The molecule has 0 atom stereocenters. The summed E-state index contributed by atoms with van der Waals surface area (Å²) in [4.78, 5) is 4.51. The zero-order valence-electron chi connectivity index (χ0n) is 11.6. The maximum Gasteiger partial charge on any atom is 0.387 e. The summed E-state index contributed by atoms with van der Waals surface area (Å²) in [6.45, 7) is -2.84. The molecule has 3 rings (SSSR count). The lowest BCUT2D eigenvalue weighted by molar-refractivity contribution is -0.0499. The first-order valence-electron chi connectivity index (χ1n) is 6.80. The molecular weight excluding hydrogens is 284 g/mol. The standard InChI is InChI=1S/C18H13F2NO/c19-18(20)22-17-8-4-2-6-14(17)10-12-15-11-9-13-5-1-3-7-16(13)21-15/h1-12,18H/b12-10+. The molecule has 0 aliphatic rings. The molecule has 2 nitrogen and oxygen atoms in total. The van der Waals surface area contributed by atoms with Crippen LogP contribution < -0.4 is 4.74 Å². The minimum Gasteiger partial charge on any atom is -0.434 e. The van der Waals surface area contributed by atoms with Crippen LogP contribution in [0.15, 0.2) is 60.7 Å². The van der Waals surface area contributed by atoms with Gasteiger partial charge in [-0.05, 0) is 30.4 Å². The van der Waals surface area contributed by atoms with Gasteiger partial charge in [-0.3, -0.25) is 0 Å². The van der Waals surface area contributed by atoms with Crippen LogP contribution in [0.1, 0.15) is 11.3 Å². The maximum atomic E-state index is 12.4. The number of ether oxygens (including phenoxy) is 1. The van der Waals surface area contributed by atoms with Crippen LogP contribution in [0.2, 0.25) is 0 Å². The van der Waals surface area contributed by atoms with Crippen molar-refractivity contribution in [3.63, 3.8) is 0 Å². The summed E-state index contributed by atoms with van der Waals surface area (Å²) in [6, 6.07) is 18.3. The summed E-state index contributed by atoms with van der Waals surface area (Å²) >= 11 is 0. The number of para-hydroxylation sites is 2. The number of pyridine rings is 1. The number of hydrogen-bond acceptors (Lipinski definition) is 2. The van der Waals surface area contributed by atoms with E-state index in [1.807, 2.05) is 36.4 Å². The zero-order chi connectivity index (χ0) is 15.4.